The lowest BCUT2D eigenvalue weighted by Gasteiger charge is -2.18. The zero-order chi connectivity index (χ0) is 11.0. The second-order valence-electron chi connectivity index (χ2n) is 3.93. The van der Waals surface area contributed by atoms with Crippen LogP contribution in [-0.2, 0) is 6.42 Å². The Hall–Kier alpha value is -2.03. The SMILES string of the molecule is Nc1cccc2c1CCN2c1ccccn1. The number of hydrogen-bond donors (Lipinski definition) is 1. The van der Waals surface area contributed by atoms with Crippen LogP contribution in [0.2, 0.25) is 0 Å². The Labute approximate surface area is 94.5 Å². The Morgan fingerprint density at radius 3 is 2.88 bits per heavy atom. The summed E-state index contributed by atoms with van der Waals surface area (Å²) >= 11 is 0. The molecule has 0 fully saturated rings. The van der Waals surface area contributed by atoms with Gasteiger partial charge in [0.05, 0.1) is 0 Å². The Morgan fingerprint density at radius 1 is 1.12 bits per heavy atom. The summed E-state index contributed by atoms with van der Waals surface area (Å²) in [5.74, 6) is 0.992. The fraction of sp³-hybridized carbons (Fsp3) is 0.154. The van der Waals surface area contributed by atoms with Gasteiger partial charge in [-0.15, -0.1) is 0 Å². The van der Waals surface area contributed by atoms with Gasteiger partial charge in [-0.1, -0.05) is 12.1 Å². The van der Waals surface area contributed by atoms with E-state index in [-0.39, 0.29) is 0 Å². The minimum Gasteiger partial charge on any atom is -0.398 e. The van der Waals surface area contributed by atoms with E-state index in [1.165, 1.54) is 11.3 Å². The van der Waals surface area contributed by atoms with Crippen molar-refractivity contribution in [2.45, 2.75) is 6.42 Å². The van der Waals surface area contributed by atoms with E-state index < -0.39 is 0 Å². The van der Waals surface area contributed by atoms with Crippen molar-refractivity contribution in [3.05, 3.63) is 48.2 Å². The fourth-order valence-electron chi connectivity index (χ4n) is 2.21. The van der Waals surface area contributed by atoms with Crippen LogP contribution < -0.4 is 10.6 Å². The van der Waals surface area contributed by atoms with Gasteiger partial charge < -0.3 is 10.6 Å². The molecule has 3 nitrogen and oxygen atoms in total. The van der Waals surface area contributed by atoms with E-state index >= 15 is 0 Å². The summed E-state index contributed by atoms with van der Waals surface area (Å²) in [6, 6.07) is 12.0. The average molecular weight is 211 g/mol. The fourth-order valence-corrected chi connectivity index (χ4v) is 2.21. The van der Waals surface area contributed by atoms with Gasteiger partial charge in [-0.2, -0.15) is 0 Å². The number of fused-ring (bicyclic) bond motifs is 1. The minimum atomic E-state index is 0.885. The van der Waals surface area contributed by atoms with Crippen LogP contribution in [0.5, 0.6) is 0 Å². The number of nitrogen functional groups attached to an aromatic ring is 1. The third kappa shape index (κ3) is 1.33. The minimum absolute atomic E-state index is 0.885. The summed E-state index contributed by atoms with van der Waals surface area (Å²) in [5.41, 5.74) is 9.29. The van der Waals surface area contributed by atoms with Crippen LogP contribution in [0.1, 0.15) is 5.56 Å². The number of pyridine rings is 1. The first kappa shape index (κ1) is 9.21. The first-order valence-electron chi connectivity index (χ1n) is 5.42. The second-order valence-corrected chi connectivity index (χ2v) is 3.93. The number of anilines is 3. The van der Waals surface area contributed by atoms with Crippen LogP contribution in [-0.4, -0.2) is 11.5 Å². The second kappa shape index (κ2) is 3.52. The standard InChI is InChI=1S/C13H13N3/c14-11-4-3-5-12-10(11)7-9-16(12)13-6-1-2-8-15-13/h1-6,8H,7,9,14H2. The van der Waals surface area contributed by atoms with Crippen molar-refractivity contribution < 1.29 is 0 Å². The van der Waals surface area contributed by atoms with Gasteiger partial charge in [-0.25, -0.2) is 4.98 Å². The van der Waals surface area contributed by atoms with Crippen molar-refractivity contribution in [2.75, 3.05) is 17.2 Å². The molecular weight excluding hydrogens is 198 g/mol. The van der Waals surface area contributed by atoms with Gasteiger partial charge in [0, 0.05) is 29.7 Å². The summed E-state index contributed by atoms with van der Waals surface area (Å²) < 4.78 is 0. The van der Waals surface area contributed by atoms with E-state index in [0.717, 1.165) is 24.5 Å². The lowest BCUT2D eigenvalue weighted by Crippen LogP contribution is -2.14. The number of nitrogens with two attached hydrogens (primary N) is 1. The van der Waals surface area contributed by atoms with Gasteiger partial charge in [0.15, 0.2) is 0 Å². The average Bonchev–Trinajstić information content (AvgIpc) is 2.75. The lowest BCUT2D eigenvalue weighted by molar-refractivity contribution is 0.975. The van der Waals surface area contributed by atoms with Gasteiger partial charge in [-0.3, -0.25) is 0 Å². The maximum atomic E-state index is 5.97. The van der Waals surface area contributed by atoms with Crippen LogP contribution >= 0.6 is 0 Å². The molecule has 0 bridgehead atoms. The van der Waals surface area contributed by atoms with Crippen molar-refractivity contribution >= 4 is 17.2 Å². The first-order chi connectivity index (χ1) is 7.86. The maximum absolute atomic E-state index is 5.97. The van der Waals surface area contributed by atoms with E-state index in [1.807, 2.05) is 36.5 Å². The molecule has 16 heavy (non-hydrogen) atoms. The molecule has 0 radical (unpaired) electrons. The van der Waals surface area contributed by atoms with E-state index in [9.17, 15) is 0 Å². The zero-order valence-corrected chi connectivity index (χ0v) is 8.93. The highest BCUT2D eigenvalue weighted by Crippen LogP contribution is 2.36. The van der Waals surface area contributed by atoms with Crippen LogP contribution in [0.3, 0.4) is 0 Å². The summed E-state index contributed by atoms with van der Waals surface area (Å²) in [4.78, 5) is 6.59. The van der Waals surface area contributed by atoms with Crippen molar-refractivity contribution in [2.24, 2.45) is 0 Å². The molecule has 0 saturated carbocycles. The van der Waals surface area contributed by atoms with Gasteiger partial charge in [0.2, 0.25) is 0 Å². The monoisotopic (exact) mass is 211 g/mol. The first-order valence-corrected chi connectivity index (χ1v) is 5.42. The summed E-state index contributed by atoms with van der Waals surface area (Å²) in [5, 5.41) is 0. The van der Waals surface area contributed by atoms with Gasteiger partial charge >= 0.3 is 0 Å². The normalized spacial score (nSPS) is 13.9. The predicted molar refractivity (Wildman–Crippen MR) is 65.8 cm³/mol. The summed E-state index contributed by atoms with van der Waals surface area (Å²) in [7, 11) is 0. The molecule has 1 aromatic heterocycles. The van der Waals surface area contributed by atoms with E-state index in [4.69, 9.17) is 5.73 Å². The van der Waals surface area contributed by atoms with Crippen molar-refractivity contribution in [3.8, 4) is 0 Å². The van der Waals surface area contributed by atoms with Crippen LogP contribution in [0.25, 0.3) is 0 Å². The van der Waals surface area contributed by atoms with Crippen LogP contribution in [0, 0.1) is 0 Å². The van der Waals surface area contributed by atoms with E-state index in [0.29, 0.717) is 0 Å². The van der Waals surface area contributed by atoms with Gasteiger partial charge in [-0.05, 0) is 30.7 Å². The molecule has 3 heteroatoms. The molecule has 2 heterocycles. The Morgan fingerprint density at radius 2 is 2.06 bits per heavy atom. The highest BCUT2D eigenvalue weighted by atomic mass is 15.2. The molecule has 0 saturated heterocycles. The van der Waals surface area contributed by atoms with Crippen molar-refractivity contribution in [1.82, 2.24) is 4.98 Å². The third-order valence-corrected chi connectivity index (χ3v) is 2.99. The molecule has 3 rings (SSSR count). The van der Waals surface area contributed by atoms with Gasteiger partial charge in [0.25, 0.3) is 0 Å². The quantitative estimate of drug-likeness (QED) is 0.736. The topological polar surface area (TPSA) is 42.1 Å². The number of benzene rings is 1. The molecule has 2 aromatic rings. The molecule has 1 aromatic carbocycles. The smallest absolute Gasteiger partial charge is 0.132 e. The van der Waals surface area contributed by atoms with Crippen LogP contribution in [0.4, 0.5) is 17.2 Å². The molecule has 0 amide bonds. The maximum Gasteiger partial charge on any atom is 0.132 e. The molecule has 0 unspecified atom stereocenters. The molecule has 0 spiro atoms. The highest BCUT2D eigenvalue weighted by molar-refractivity contribution is 5.73. The highest BCUT2D eigenvalue weighted by Gasteiger charge is 2.22. The number of nitrogens with zero attached hydrogens (tertiary/aromatic N) is 2. The molecule has 0 aliphatic carbocycles. The van der Waals surface area contributed by atoms with Crippen LogP contribution in [0.15, 0.2) is 42.6 Å². The number of rotatable bonds is 1. The number of hydrogen-bond acceptors (Lipinski definition) is 3. The van der Waals surface area contributed by atoms with E-state index in [2.05, 4.69) is 16.0 Å². The molecule has 1 aliphatic heterocycles. The summed E-state index contributed by atoms with van der Waals surface area (Å²) in [6.07, 6.45) is 2.82. The predicted octanol–water partition coefficient (Wildman–Crippen LogP) is 2.36. The number of aromatic nitrogens is 1. The molecule has 1 aliphatic rings. The van der Waals surface area contributed by atoms with E-state index in [1.54, 1.807) is 0 Å². The lowest BCUT2D eigenvalue weighted by atomic mass is 10.1. The molecule has 0 atom stereocenters. The largest absolute Gasteiger partial charge is 0.398 e. The Balaban J connectivity index is 2.07. The molecular formula is C13H13N3. The van der Waals surface area contributed by atoms with Crippen molar-refractivity contribution in [3.63, 3.8) is 0 Å². The molecule has 80 valence electrons. The van der Waals surface area contributed by atoms with Gasteiger partial charge in [0.1, 0.15) is 5.82 Å². The summed E-state index contributed by atoms with van der Waals surface area (Å²) in [6.45, 7) is 0.959. The Kier molecular flexibility index (Phi) is 2.03. The van der Waals surface area contributed by atoms with Crippen molar-refractivity contribution in [1.29, 1.82) is 0 Å². The zero-order valence-electron chi connectivity index (χ0n) is 8.93. The molecule has 2 N–H and O–H groups in total. The Bertz CT molecular complexity index is 508. The third-order valence-electron chi connectivity index (χ3n) is 2.99.